The molecular formula is C26H23Cl2N3O2. The van der Waals surface area contributed by atoms with Crippen molar-refractivity contribution in [2.75, 3.05) is 18.5 Å². The quantitative estimate of drug-likeness (QED) is 0.292. The van der Waals surface area contributed by atoms with Crippen molar-refractivity contribution < 1.29 is 9.53 Å². The number of nitrogens with one attached hydrogen (secondary N) is 2. The Morgan fingerprint density at radius 2 is 1.79 bits per heavy atom. The number of aromatic nitrogens is 1. The van der Waals surface area contributed by atoms with Gasteiger partial charge >= 0.3 is 0 Å². The summed E-state index contributed by atoms with van der Waals surface area (Å²) in [5.74, 6) is 0.544. The van der Waals surface area contributed by atoms with Crippen molar-refractivity contribution in [1.82, 2.24) is 10.3 Å². The summed E-state index contributed by atoms with van der Waals surface area (Å²) in [7, 11) is 0. The number of anilines is 1. The number of fused-ring (bicyclic) bond motifs is 1. The Kier molecular flexibility index (Phi) is 7.33. The number of rotatable bonds is 8. The first-order valence-corrected chi connectivity index (χ1v) is 11.3. The highest BCUT2D eigenvalue weighted by Crippen LogP contribution is 2.31. The van der Waals surface area contributed by atoms with E-state index in [1.807, 2.05) is 61.5 Å². The predicted molar refractivity (Wildman–Crippen MR) is 135 cm³/mol. The Bertz CT molecular complexity index is 1280. The summed E-state index contributed by atoms with van der Waals surface area (Å²) in [6.45, 7) is 3.25. The molecule has 0 aliphatic carbocycles. The Balaban J connectivity index is 1.44. The largest absolute Gasteiger partial charge is 0.489 e. The monoisotopic (exact) mass is 479 g/mol. The van der Waals surface area contributed by atoms with Gasteiger partial charge in [-0.3, -0.25) is 4.79 Å². The second-order valence-corrected chi connectivity index (χ2v) is 8.35. The second kappa shape index (κ2) is 10.6. The fraction of sp³-hybridized carbons (Fsp3) is 0.154. The Morgan fingerprint density at radius 1 is 0.970 bits per heavy atom. The summed E-state index contributed by atoms with van der Waals surface area (Å²) in [6, 6.07) is 22.5. The van der Waals surface area contributed by atoms with E-state index in [4.69, 9.17) is 27.9 Å². The third-order valence-corrected chi connectivity index (χ3v) is 5.82. The standard InChI is InChI=1S/C26H23Cl2N3O2/c1-17-14-23(30-16-18-10-11-21(27)22(28)15-18)20-8-5-9-24(25(20)31-17)33-13-12-29-26(32)19-6-3-2-4-7-19/h2-11,14-15H,12-13,16H2,1H3,(H,29,32)(H,30,31). The van der Waals surface area contributed by atoms with Crippen molar-refractivity contribution in [3.63, 3.8) is 0 Å². The summed E-state index contributed by atoms with van der Waals surface area (Å²) in [4.78, 5) is 16.9. The third-order valence-electron chi connectivity index (χ3n) is 5.08. The molecule has 0 spiro atoms. The van der Waals surface area contributed by atoms with Gasteiger partial charge in [-0.2, -0.15) is 0 Å². The van der Waals surface area contributed by atoms with Crippen LogP contribution >= 0.6 is 23.2 Å². The van der Waals surface area contributed by atoms with E-state index in [1.54, 1.807) is 18.2 Å². The van der Waals surface area contributed by atoms with Gasteiger partial charge in [-0.25, -0.2) is 4.98 Å². The van der Waals surface area contributed by atoms with Crippen molar-refractivity contribution in [2.45, 2.75) is 13.5 Å². The fourth-order valence-corrected chi connectivity index (χ4v) is 3.80. The van der Waals surface area contributed by atoms with Crippen LogP contribution in [0.25, 0.3) is 10.9 Å². The van der Waals surface area contributed by atoms with Crippen LogP contribution in [-0.2, 0) is 6.54 Å². The van der Waals surface area contributed by atoms with Crippen molar-refractivity contribution in [1.29, 1.82) is 0 Å². The highest BCUT2D eigenvalue weighted by atomic mass is 35.5. The van der Waals surface area contributed by atoms with E-state index < -0.39 is 0 Å². The number of ether oxygens (including phenoxy) is 1. The smallest absolute Gasteiger partial charge is 0.251 e. The van der Waals surface area contributed by atoms with Crippen LogP contribution < -0.4 is 15.4 Å². The van der Waals surface area contributed by atoms with Crippen LogP contribution in [0.1, 0.15) is 21.6 Å². The average Bonchev–Trinajstić information content (AvgIpc) is 2.83. The second-order valence-electron chi connectivity index (χ2n) is 7.54. The molecular weight excluding hydrogens is 457 g/mol. The summed E-state index contributed by atoms with van der Waals surface area (Å²) in [6.07, 6.45) is 0. The number of hydrogen-bond donors (Lipinski definition) is 2. The SMILES string of the molecule is Cc1cc(NCc2ccc(Cl)c(Cl)c2)c2cccc(OCCNC(=O)c3ccccc3)c2n1. The molecule has 0 atom stereocenters. The topological polar surface area (TPSA) is 63.2 Å². The van der Waals surface area contributed by atoms with E-state index in [0.29, 0.717) is 41.1 Å². The number of aryl methyl sites for hydroxylation is 1. The Hall–Kier alpha value is -3.28. The molecule has 0 saturated carbocycles. The van der Waals surface area contributed by atoms with Gasteiger partial charge in [0.15, 0.2) is 0 Å². The molecule has 7 heteroatoms. The molecule has 1 aromatic heterocycles. The van der Waals surface area contributed by atoms with E-state index >= 15 is 0 Å². The van der Waals surface area contributed by atoms with Crippen LogP contribution in [0.2, 0.25) is 10.0 Å². The van der Waals surface area contributed by atoms with E-state index in [-0.39, 0.29) is 5.91 Å². The molecule has 0 radical (unpaired) electrons. The maximum Gasteiger partial charge on any atom is 0.251 e. The highest BCUT2D eigenvalue weighted by molar-refractivity contribution is 6.42. The van der Waals surface area contributed by atoms with Crippen LogP contribution in [-0.4, -0.2) is 24.0 Å². The number of carbonyl (C=O) groups excluding carboxylic acids is 1. The van der Waals surface area contributed by atoms with Crippen molar-refractivity contribution in [2.24, 2.45) is 0 Å². The van der Waals surface area contributed by atoms with E-state index in [2.05, 4.69) is 15.6 Å². The predicted octanol–water partition coefficient (Wildman–Crippen LogP) is 6.27. The summed E-state index contributed by atoms with van der Waals surface area (Å²) in [5.41, 5.74) is 4.23. The zero-order valence-electron chi connectivity index (χ0n) is 18.1. The number of carbonyl (C=O) groups is 1. The van der Waals surface area contributed by atoms with Gasteiger partial charge in [0.05, 0.1) is 16.6 Å². The van der Waals surface area contributed by atoms with Crippen molar-refractivity contribution in [3.05, 3.63) is 99.7 Å². The Morgan fingerprint density at radius 3 is 2.58 bits per heavy atom. The molecule has 0 aliphatic rings. The lowest BCUT2D eigenvalue weighted by Crippen LogP contribution is -2.28. The molecule has 0 bridgehead atoms. The lowest BCUT2D eigenvalue weighted by Gasteiger charge is -2.14. The average molecular weight is 480 g/mol. The van der Waals surface area contributed by atoms with Crippen molar-refractivity contribution in [3.8, 4) is 5.75 Å². The zero-order chi connectivity index (χ0) is 23.2. The van der Waals surface area contributed by atoms with Crippen LogP contribution in [0.15, 0.2) is 72.8 Å². The number of benzene rings is 3. The van der Waals surface area contributed by atoms with Gasteiger partial charge in [0.25, 0.3) is 5.91 Å². The lowest BCUT2D eigenvalue weighted by molar-refractivity contribution is 0.0947. The molecule has 0 aliphatic heterocycles. The molecule has 5 nitrogen and oxygen atoms in total. The number of para-hydroxylation sites is 1. The first-order chi connectivity index (χ1) is 16.0. The number of hydrogen-bond acceptors (Lipinski definition) is 4. The van der Waals surface area contributed by atoms with Gasteiger partial charge in [0.2, 0.25) is 0 Å². The molecule has 168 valence electrons. The Labute approximate surface area is 202 Å². The molecule has 33 heavy (non-hydrogen) atoms. The van der Waals surface area contributed by atoms with E-state index in [9.17, 15) is 4.79 Å². The molecule has 4 rings (SSSR count). The fourth-order valence-electron chi connectivity index (χ4n) is 3.48. The third kappa shape index (κ3) is 5.75. The van der Waals surface area contributed by atoms with E-state index in [0.717, 1.165) is 27.8 Å². The summed E-state index contributed by atoms with van der Waals surface area (Å²) in [5, 5.41) is 8.35. The minimum absolute atomic E-state index is 0.125. The zero-order valence-corrected chi connectivity index (χ0v) is 19.6. The number of amides is 1. The first-order valence-electron chi connectivity index (χ1n) is 10.6. The van der Waals surface area contributed by atoms with Crippen LogP contribution in [0, 0.1) is 6.92 Å². The van der Waals surface area contributed by atoms with Gasteiger partial charge in [-0.1, -0.05) is 59.6 Å². The van der Waals surface area contributed by atoms with Gasteiger partial charge < -0.3 is 15.4 Å². The van der Waals surface area contributed by atoms with Gasteiger partial charge in [-0.15, -0.1) is 0 Å². The van der Waals surface area contributed by atoms with Crippen LogP contribution in [0.3, 0.4) is 0 Å². The summed E-state index contributed by atoms with van der Waals surface area (Å²) >= 11 is 12.2. The van der Waals surface area contributed by atoms with Gasteiger partial charge in [-0.05, 0) is 48.9 Å². The van der Waals surface area contributed by atoms with Gasteiger partial charge in [0.1, 0.15) is 17.9 Å². The molecule has 0 saturated heterocycles. The molecule has 3 aromatic carbocycles. The van der Waals surface area contributed by atoms with Crippen LogP contribution in [0.5, 0.6) is 5.75 Å². The first kappa shape index (κ1) is 22.9. The van der Waals surface area contributed by atoms with Crippen molar-refractivity contribution >= 4 is 45.7 Å². The highest BCUT2D eigenvalue weighted by Gasteiger charge is 2.10. The van der Waals surface area contributed by atoms with E-state index in [1.165, 1.54) is 0 Å². The molecule has 4 aromatic rings. The molecule has 1 amide bonds. The minimum Gasteiger partial charge on any atom is -0.489 e. The maximum absolute atomic E-state index is 12.2. The number of pyridine rings is 1. The minimum atomic E-state index is -0.125. The molecule has 1 heterocycles. The van der Waals surface area contributed by atoms with Gasteiger partial charge in [0, 0.05) is 28.9 Å². The molecule has 2 N–H and O–H groups in total. The summed E-state index contributed by atoms with van der Waals surface area (Å²) < 4.78 is 5.97. The number of nitrogens with zero attached hydrogens (tertiary/aromatic N) is 1. The molecule has 0 fully saturated rings. The number of halogens is 2. The normalized spacial score (nSPS) is 10.8. The van der Waals surface area contributed by atoms with Crippen LogP contribution in [0.4, 0.5) is 5.69 Å². The maximum atomic E-state index is 12.2. The molecule has 0 unspecified atom stereocenters. The lowest BCUT2D eigenvalue weighted by atomic mass is 10.1.